The van der Waals surface area contributed by atoms with Gasteiger partial charge < -0.3 is 20.3 Å². The molecule has 0 saturated carbocycles. The van der Waals surface area contributed by atoms with Crippen molar-refractivity contribution in [2.75, 3.05) is 13.2 Å². The maximum Gasteiger partial charge on any atom is 0.305 e. The number of aliphatic hydroxyl groups is 2. The maximum absolute atomic E-state index is 12.5. The molecule has 6 nitrogen and oxygen atoms in total. The topological polar surface area (TPSA) is 95.9 Å². The van der Waals surface area contributed by atoms with Crippen molar-refractivity contribution in [1.29, 1.82) is 0 Å². The van der Waals surface area contributed by atoms with E-state index in [0.29, 0.717) is 25.9 Å². The summed E-state index contributed by atoms with van der Waals surface area (Å²) in [5.74, 6) is -0.0419. The van der Waals surface area contributed by atoms with Crippen LogP contribution in [0, 0.1) is 0 Å². The summed E-state index contributed by atoms with van der Waals surface area (Å²) in [5.41, 5.74) is 0. The molecular formula is C62H121NO5. The van der Waals surface area contributed by atoms with Crippen molar-refractivity contribution in [2.45, 2.75) is 360 Å². The highest BCUT2D eigenvalue weighted by Crippen LogP contribution is 2.18. The van der Waals surface area contributed by atoms with Crippen LogP contribution in [0.25, 0.3) is 0 Å². The molecule has 0 aromatic rings. The van der Waals surface area contributed by atoms with Crippen molar-refractivity contribution in [2.24, 2.45) is 0 Å². The number of esters is 1. The molecule has 0 bridgehead atoms. The zero-order chi connectivity index (χ0) is 49.3. The second kappa shape index (κ2) is 58.2. The summed E-state index contributed by atoms with van der Waals surface area (Å²) < 4.78 is 5.48. The second-order valence-electron chi connectivity index (χ2n) is 21.4. The molecule has 0 spiro atoms. The quantitative estimate of drug-likeness (QED) is 0.0321. The van der Waals surface area contributed by atoms with E-state index in [2.05, 4.69) is 31.3 Å². The molecule has 3 N–H and O–H groups in total. The lowest BCUT2D eigenvalue weighted by Gasteiger charge is -2.22. The molecule has 2 unspecified atom stereocenters. The molecule has 0 aromatic heterocycles. The van der Waals surface area contributed by atoms with Gasteiger partial charge in [-0.2, -0.15) is 0 Å². The molecule has 0 aliphatic rings. The van der Waals surface area contributed by atoms with Crippen molar-refractivity contribution in [1.82, 2.24) is 5.32 Å². The number of unbranched alkanes of at least 4 members (excludes halogenated alkanes) is 45. The van der Waals surface area contributed by atoms with Gasteiger partial charge in [0.25, 0.3) is 0 Å². The van der Waals surface area contributed by atoms with E-state index >= 15 is 0 Å². The highest BCUT2D eigenvalue weighted by atomic mass is 16.5. The SMILES string of the molecule is CCCCCCCC/C=C\CCCCCCCC(=O)OCCCCCCCCCCCCCCCCCCC(=O)NC(CO)C(O)CCCCCCCCCCCCCCCCCCCCCC. The number of hydrogen-bond donors (Lipinski definition) is 3. The standard InChI is InChI=1S/C62H121NO5/c1-3-5-7-9-11-13-15-17-19-20-21-22-23-27-30-34-38-42-46-50-54-60(65)59(58-64)63-61(66)55-51-47-43-39-35-31-28-24-25-29-33-37-41-45-49-53-57-68-62(67)56-52-48-44-40-36-32-26-18-16-14-12-10-8-6-4-2/h18,26,59-60,64-65H,3-17,19-25,27-58H2,1-2H3,(H,63,66)/b26-18-. The number of allylic oxidation sites excluding steroid dienone is 2. The Kier molecular flexibility index (Phi) is 57.0. The molecule has 0 fully saturated rings. The third kappa shape index (κ3) is 53.9. The van der Waals surface area contributed by atoms with Crippen molar-refractivity contribution < 1.29 is 24.5 Å². The van der Waals surface area contributed by atoms with Crippen LogP contribution in [-0.2, 0) is 14.3 Å². The van der Waals surface area contributed by atoms with E-state index in [1.54, 1.807) is 0 Å². The van der Waals surface area contributed by atoms with Crippen LogP contribution >= 0.6 is 0 Å². The largest absolute Gasteiger partial charge is 0.466 e. The van der Waals surface area contributed by atoms with Gasteiger partial charge >= 0.3 is 5.97 Å². The monoisotopic (exact) mass is 960 g/mol. The normalized spacial score (nSPS) is 12.6. The van der Waals surface area contributed by atoms with Gasteiger partial charge in [0.05, 0.1) is 25.4 Å². The summed E-state index contributed by atoms with van der Waals surface area (Å²) in [7, 11) is 0. The van der Waals surface area contributed by atoms with Gasteiger partial charge in [-0.05, 0) is 51.4 Å². The van der Waals surface area contributed by atoms with Gasteiger partial charge in [-0.1, -0.05) is 296 Å². The predicted molar refractivity (Wildman–Crippen MR) is 297 cm³/mol. The van der Waals surface area contributed by atoms with Crippen LogP contribution in [0.2, 0.25) is 0 Å². The number of carbonyl (C=O) groups is 2. The van der Waals surface area contributed by atoms with E-state index in [1.807, 2.05) is 0 Å². The molecule has 0 aliphatic carbocycles. The third-order valence-electron chi connectivity index (χ3n) is 14.6. The minimum Gasteiger partial charge on any atom is -0.466 e. The molecule has 0 rings (SSSR count). The van der Waals surface area contributed by atoms with E-state index < -0.39 is 12.1 Å². The minimum absolute atomic E-state index is 0.00367. The molecule has 0 heterocycles. The minimum atomic E-state index is -0.669. The molecule has 0 aromatic carbocycles. The third-order valence-corrected chi connectivity index (χ3v) is 14.6. The first kappa shape index (κ1) is 66.6. The first-order valence-electron chi connectivity index (χ1n) is 30.9. The lowest BCUT2D eigenvalue weighted by molar-refractivity contribution is -0.143. The fourth-order valence-corrected chi connectivity index (χ4v) is 9.81. The van der Waals surface area contributed by atoms with Gasteiger partial charge in [-0.25, -0.2) is 0 Å². The van der Waals surface area contributed by atoms with Crippen molar-refractivity contribution in [3.05, 3.63) is 12.2 Å². The second-order valence-corrected chi connectivity index (χ2v) is 21.4. The first-order valence-corrected chi connectivity index (χ1v) is 30.9. The number of aliphatic hydroxyl groups excluding tert-OH is 2. The van der Waals surface area contributed by atoms with E-state index in [9.17, 15) is 19.8 Å². The fourth-order valence-electron chi connectivity index (χ4n) is 9.81. The van der Waals surface area contributed by atoms with Gasteiger partial charge in [-0.3, -0.25) is 9.59 Å². The Morgan fingerprint density at radius 1 is 0.397 bits per heavy atom. The van der Waals surface area contributed by atoms with E-state index in [4.69, 9.17) is 4.74 Å². The average molecular weight is 961 g/mol. The molecule has 0 saturated heterocycles. The summed E-state index contributed by atoms with van der Waals surface area (Å²) >= 11 is 0. The number of carbonyl (C=O) groups excluding carboxylic acids is 2. The Balaban J connectivity index is 3.42. The van der Waals surface area contributed by atoms with Crippen molar-refractivity contribution in [3.8, 4) is 0 Å². The van der Waals surface area contributed by atoms with E-state index in [-0.39, 0.29) is 18.5 Å². The van der Waals surface area contributed by atoms with E-state index in [0.717, 1.165) is 44.9 Å². The van der Waals surface area contributed by atoms with Gasteiger partial charge in [0.15, 0.2) is 0 Å². The van der Waals surface area contributed by atoms with Crippen LogP contribution in [-0.4, -0.2) is 47.4 Å². The number of rotatable bonds is 58. The highest BCUT2D eigenvalue weighted by molar-refractivity contribution is 5.76. The summed E-state index contributed by atoms with van der Waals surface area (Å²) in [5, 5.41) is 23.4. The lowest BCUT2D eigenvalue weighted by atomic mass is 10.0. The summed E-state index contributed by atoms with van der Waals surface area (Å²) in [6, 6.07) is -0.547. The maximum atomic E-state index is 12.5. The Morgan fingerprint density at radius 2 is 0.691 bits per heavy atom. The van der Waals surface area contributed by atoms with Crippen LogP contribution in [0.5, 0.6) is 0 Å². The van der Waals surface area contributed by atoms with Gasteiger partial charge in [0.1, 0.15) is 0 Å². The molecule has 6 heteroatoms. The molecule has 68 heavy (non-hydrogen) atoms. The number of amides is 1. The summed E-state index contributed by atoms with van der Waals surface area (Å²) in [6.07, 6.45) is 69.2. The van der Waals surface area contributed by atoms with E-state index in [1.165, 1.54) is 270 Å². The van der Waals surface area contributed by atoms with Crippen LogP contribution in [0.3, 0.4) is 0 Å². The fraction of sp³-hybridized carbons (Fsp3) is 0.935. The number of hydrogen-bond acceptors (Lipinski definition) is 5. The summed E-state index contributed by atoms with van der Waals surface area (Å²) in [6.45, 7) is 4.96. The zero-order valence-electron chi connectivity index (χ0n) is 46.1. The molecule has 2 atom stereocenters. The van der Waals surface area contributed by atoms with Crippen molar-refractivity contribution >= 4 is 11.9 Å². The smallest absolute Gasteiger partial charge is 0.305 e. The number of ether oxygens (including phenoxy) is 1. The van der Waals surface area contributed by atoms with Gasteiger partial charge in [-0.15, -0.1) is 0 Å². The Morgan fingerprint density at radius 3 is 1.04 bits per heavy atom. The van der Waals surface area contributed by atoms with Crippen LogP contribution < -0.4 is 5.32 Å². The first-order chi connectivity index (χ1) is 33.5. The van der Waals surface area contributed by atoms with Gasteiger partial charge in [0.2, 0.25) is 5.91 Å². The van der Waals surface area contributed by atoms with Crippen molar-refractivity contribution in [3.63, 3.8) is 0 Å². The van der Waals surface area contributed by atoms with Gasteiger partial charge in [0, 0.05) is 12.8 Å². The van der Waals surface area contributed by atoms with Crippen LogP contribution in [0.1, 0.15) is 348 Å². The lowest BCUT2D eigenvalue weighted by Crippen LogP contribution is -2.45. The molecule has 404 valence electrons. The Bertz CT molecular complexity index is 1020. The van der Waals surface area contributed by atoms with Crippen LogP contribution in [0.4, 0.5) is 0 Å². The average Bonchev–Trinajstić information content (AvgIpc) is 3.34. The molecule has 1 amide bonds. The van der Waals surface area contributed by atoms with Crippen LogP contribution in [0.15, 0.2) is 12.2 Å². The predicted octanol–water partition coefficient (Wildman–Crippen LogP) is 19.2. The summed E-state index contributed by atoms with van der Waals surface area (Å²) in [4.78, 5) is 24.6. The zero-order valence-corrected chi connectivity index (χ0v) is 46.1. The molecule has 0 aliphatic heterocycles. The number of nitrogens with one attached hydrogen (secondary N) is 1. The Hall–Kier alpha value is -1.40. The molecular weight excluding hydrogens is 839 g/mol. The highest BCUT2D eigenvalue weighted by Gasteiger charge is 2.20. The Labute approximate surface area is 425 Å². The molecule has 0 radical (unpaired) electrons.